The Kier molecular flexibility index (Phi) is 3.03. The van der Waals surface area contributed by atoms with Gasteiger partial charge < -0.3 is 15.1 Å². The zero-order valence-corrected chi connectivity index (χ0v) is 11.9. The topological polar surface area (TPSA) is 52.7 Å². The Labute approximate surface area is 108 Å². The van der Waals surface area contributed by atoms with Gasteiger partial charge in [-0.15, -0.1) is 0 Å². The Morgan fingerprint density at radius 3 is 2.39 bits per heavy atom. The minimum Gasteiger partial charge on any atom is -0.336 e. The van der Waals surface area contributed by atoms with Crippen LogP contribution in [0.2, 0.25) is 0 Å². The highest BCUT2D eigenvalue weighted by Crippen LogP contribution is 2.29. The number of fused-ring (bicyclic) bond motifs is 1. The van der Waals surface area contributed by atoms with Crippen molar-refractivity contribution >= 4 is 11.9 Å². The molecule has 2 saturated heterocycles. The number of urea groups is 1. The SMILES string of the molecule is CC(C)N1C(=O)NC2CCN(C(C)(C)C)C(=O)C21. The Hall–Kier alpha value is -1.26. The standard InChI is InChI=1S/C13H23N3O2/c1-8(2)16-10-9(14-12(16)18)6-7-15(11(10)17)13(3,4)5/h8-10H,6-7H2,1-5H3,(H,14,18). The van der Waals surface area contributed by atoms with Gasteiger partial charge in [0.05, 0.1) is 6.04 Å². The molecule has 2 fully saturated rings. The van der Waals surface area contributed by atoms with E-state index >= 15 is 0 Å². The Bertz CT molecular complexity index is 373. The predicted octanol–water partition coefficient (Wildman–Crippen LogP) is 1.19. The van der Waals surface area contributed by atoms with Crippen molar-refractivity contribution < 1.29 is 9.59 Å². The maximum Gasteiger partial charge on any atom is 0.318 e. The van der Waals surface area contributed by atoms with E-state index in [9.17, 15) is 9.59 Å². The molecular weight excluding hydrogens is 230 g/mol. The van der Waals surface area contributed by atoms with Gasteiger partial charge in [0.15, 0.2) is 0 Å². The number of nitrogens with zero attached hydrogens (tertiary/aromatic N) is 2. The first-order valence-corrected chi connectivity index (χ1v) is 6.64. The van der Waals surface area contributed by atoms with Crippen molar-refractivity contribution in [3.05, 3.63) is 0 Å². The van der Waals surface area contributed by atoms with E-state index in [1.807, 2.05) is 39.5 Å². The highest BCUT2D eigenvalue weighted by atomic mass is 16.2. The van der Waals surface area contributed by atoms with Crippen LogP contribution in [0, 0.1) is 0 Å². The average Bonchev–Trinajstić information content (AvgIpc) is 2.53. The second-order valence-electron chi connectivity index (χ2n) is 6.45. The summed E-state index contributed by atoms with van der Waals surface area (Å²) >= 11 is 0. The van der Waals surface area contributed by atoms with Gasteiger partial charge in [0.25, 0.3) is 0 Å². The summed E-state index contributed by atoms with van der Waals surface area (Å²) in [5, 5.41) is 2.93. The summed E-state index contributed by atoms with van der Waals surface area (Å²) in [5.41, 5.74) is -0.184. The molecule has 102 valence electrons. The molecule has 0 radical (unpaired) electrons. The largest absolute Gasteiger partial charge is 0.336 e. The van der Waals surface area contributed by atoms with Crippen LogP contribution in [0.25, 0.3) is 0 Å². The lowest BCUT2D eigenvalue weighted by molar-refractivity contribution is -0.144. The van der Waals surface area contributed by atoms with Crippen molar-refractivity contribution in [1.82, 2.24) is 15.1 Å². The van der Waals surface area contributed by atoms with E-state index in [0.29, 0.717) is 0 Å². The van der Waals surface area contributed by atoms with Gasteiger partial charge in [-0.1, -0.05) is 0 Å². The fraction of sp³-hybridized carbons (Fsp3) is 0.846. The number of likely N-dealkylation sites (tertiary alicyclic amines) is 1. The lowest BCUT2D eigenvalue weighted by Gasteiger charge is -2.44. The maximum atomic E-state index is 12.6. The number of carbonyl (C=O) groups excluding carboxylic acids is 2. The van der Waals surface area contributed by atoms with Crippen LogP contribution in [0.1, 0.15) is 41.0 Å². The molecule has 0 aromatic heterocycles. The fourth-order valence-electron chi connectivity index (χ4n) is 2.91. The predicted molar refractivity (Wildman–Crippen MR) is 69.2 cm³/mol. The van der Waals surface area contributed by atoms with Crippen molar-refractivity contribution in [2.24, 2.45) is 0 Å². The maximum absolute atomic E-state index is 12.6. The normalized spacial score (nSPS) is 28.8. The molecule has 1 N–H and O–H groups in total. The van der Waals surface area contributed by atoms with Crippen molar-refractivity contribution in [1.29, 1.82) is 0 Å². The van der Waals surface area contributed by atoms with Crippen LogP contribution in [0.3, 0.4) is 0 Å². The molecule has 2 heterocycles. The van der Waals surface area contributed by atoms with Gasteiger partial charge >= 0.3 is 6.03 Å². The molecule has 18 heavy (non-hydrogen) atoms. The summed E-state index contributed by atoms with van der Waals surface area (Å²) in [5.74, 6) is 0.0748. The third-order valence-electron chi connectivity index (χ3n) is 3.77. The molecule has 0 aromatic rings. The number of rotatable bonds is 1. The van der Waals surface area contributed by atoms with E-state index in [1.165, 1.54) is 0 Å². The lowest BCUT2D eigenvalue weighted by Crippen LogP contribution is -2.61. The van der Waals surface area contributed by atoms with Crippen LogP contribution < -0.4 is 5.32 Å². The first-order valence-electron chi connectivity index (χ1n) is 6.64. The van der Waals surface area contributed by atoms with E-state index < -0.39 is 0 Å². The van der Waals surface area contributed by atoms with Crippen molar-refractivity contribution in [2.45, 2.75) is 64.7 Å². The van der Waals surface area contributed by atoms with E-state index in [0.717, 1.165) is 13.0 Å². The highest BCUT2D eigenvalue weighted by Gasteiger charge is 2.50. The average molecular weight is 253 g/mol. The molecule has 3 amide bonds. The van der Waals surface area contributed by atoms with Crippen LogP contribution in [-0.4, -0.2) is 51.9 Å². The third kappa shape index (κ3) is 1.95. The molecule has 0 saturated carbocycles. The van der Waals surface area contributed by atoms with Gasteiger partial charge in [-0.2, -0.15) is 0 Å². The summed E-state index contributed by atoms with van der Waals surface area (Å²) < 4.78 is 0. The molecule has 2 aliphatic heterocycles. The number of hydrogen-bond donors (Lipinski definition) is 1. The molecule has 2 aliphatic rings. The zero-order chi connectivity index (χ0) is 13.7. The summed E-state index contributed by atoms with van der Waals surface area (Å²) in [7, 11) is 0. The van der Waals surface area contributed by atoms with Gasteiger partial charge in [0.2, 0.25) is 5.91 Å². The van der Waals surface area contributed by atoms with E-state index in [4.69, 9.17) is 0 Å². The van der Waals surface area contributed by atoms with Gasteiger partial charge in [0, 0.05) is 18.1 Å². The monoisotopic (exact) mass is 253 g/mol. The molecule has 2 rings (SSSR count). The molecule has 0 spiro atoms. The Balaban J connectivity index is 2.28. The molecule has 0 aromatic carbocycles. The Morgan fingerprint density at radius 1 is 1.28 bits per heavy atom. The summed E-state index contributed by atoms with van der Waals surface area (Å²) in [4.78, 5) is 28.1. The van der Waals surface area contributed by atoms with Crippen LogP contribution in [-0.2, 0) is 4.79 Å². The molecular formula is C13H23N3O2. The van der Waals surface area contributed by atoms with Crippen molar-refractivity contribution in [3.8, 4) is 0 Å². The Morgan fingerprint density at radius 2 is 1.89 bits per heavy atom. The molecule has 2 unspecified atom stereocenters. The highest BCUT2D eigenvalue weighted by molar-refractivity contribution is 5.92. The summed E-state index contributed by atoms with van der Waals surface area (Å²) in [6.45, 7) is 10.7. The van der Waals surface area contributed by atoms with Crippen LogP contribution >= 0.6 is 0 Å². The van der Waals surface area contributed by atoms with Gasteiger partial charge in [-0.25, -0.2) is 4.79 Å². The van der Waals surface area contributed by atoms with E-state index in [1.54, 1.807) is 4.90 Å². The third-order valence-corrected chi connectivity index (χ3v) is 3.77. The molecule has 2 atom stereocenters. The first kappa shape index (κ1) is 13.2. The number of hydrogen-bond acceptors (Lipinski definition) is 2. The lowest BCUT2D eigenvalue weighted by atomic mass is 9.93. The quantitative estimate of drug-likeness (QED) is 0.763. The molecule has 0 bridgehead atoms. The van der Waals surface area contributed by atoms with Crippen LogP contribution in [0.4, 0.5) is 4.79 Å². The molecule has 5 heteroatoms. The summed E-state index contributed by atoms with van der Waals surface area (Å²) in [6, 6.07) is -0.413. The number of carbonyl (C=O) groups is 2. The van der Waals surface area contributed by atoms with Crippen molar-refractivity contribution in [3.63, 3.8) is 0 Å². The minimum absolute atomic E-state index is 0.0222. The number of amides is 3. The van der Waals surface area contributed by atoms with Gasteiger partial charge in [0.1, 0.15) is 6.04 Å². The van der Waals surface area contributed by atoms with Crippen LogP contribution in [0.15, 0.2) is 0 Å². The van der Waals surface area contributed by atoms with E-state index in [2.05, 4.69) is 5.32 Å². The molecule has 0 aliphatic carbocycles. The second kappa shape index (κ2) is 4.14. The van der Waals surface area contributed by atoms with E-state index in [-0.39, 0.29) is 35.6 Å². The zero-order valence-electron chi connectivity index (χ0n) is 11.9. The van der Waals surface area contributed by atoms with Gasteiger partial charge in [-0.05, 0) is 41.0 Å². The number of nitrogens with one attached hydrogen (secondary N) is 1. The molecule has 5 nitrogen and oxygen atoms in total. The smallest absolute Gasteiger partial charge is 0.318 e. The van der Waals surface area contributed by atoms with Crippen molar-refractivity contribution in [2.75, 3.05) is 6.54 Å². The second-order valence-corrected chi connectivity index (χ2v) is 6.45. The first-order chi connectivity index (χ1) is 8.23. The minimum atomic E-state index is -0.328. The van der Waals surface area contributed by atoms with Crippen LogP contribution in [0.5, 0.6) is 0 Å². The van der Waals surface area contributed by atoms with Gasteiger partial charge in [-0.3, -0.25) is 4.79 Å². The fourth-order valence-corrected chi connectivity index (χ4v) is 2.91. The number of piperidine rings is 1. The summed E-state index contributed by atoms with van der Waals surface area (Å²) in [6.07, 6.45) is 0.836.